The second kappa shape index (κ2) is 4.45. The first-order chi connectivity index (χ1) is 6.91. The molecule has 3 N–H and O–H groups in total. The Bertz CT molecular complexity index is 269. The van der Waals surface area contributed by atoms with Gasteiger partial charge in [-0.2, -0.15) is 0 Å². The van der Waals surface area contributed by atoms with Gasteiger partial charge < -0.3 is 15.1 Å². The normalized spacial score (nSPS) is 25.7. The molecule has 1 aliphatic rings. The van der Waals surface area contributed by atoms with Gasteiger partial charge in [0.1, 0.15) is 6.04 Å². The number of nitrogens with one attached hydrogen (secondary N) is 1. The molecule has 1 heterocycles. The van der Waals surface area contributed by atoms with Crippen LogP contribution in [0.3, 0.4) is 0 Å². The van der Waals surface area contributed by atoms with E-state index < -0.39 is 24.1 Å². The van der Waals surface area contributed by atoms with Gasteiger partial charge in [-0.3, -0.25) is 5.43 Å². The largest absolute Gasteiger partial charge is 0.480 e. The van der Waals surface area contributed by atoms with E-state index in [2.05, 4.69) is 5.43 Å². The van der Waals surface area contributed by atoms with Gasteiger partial charge in [-0.1, -0.05) is 0 Å². The summed E-state index contributed by atoms with van der Waals surface area (Å²) in [7, 11) is 3.25. The highest BCUT2D eigenvalue weighted by Gasteiger charge is 2.39. The zero-order valence-corrected chi connectivity index (χ0v) is 8.67. The van der Waals surface area contributed by atoms with Crippen LogP contribution in [0.1, 0.15) is 6.42 Å². The van der Waals surface area contributed by atoms with E-state index in [0.717, 1.165) is 4.90 Å². The Morgan fingerprint density at radius 3 is 2.53 bits per heavy atom. The topological polar surface area (TPSA) is 93.1 Å². The van der Waals surface area contributed by atoms with Crippen LogP contribution in [0.15, 0.2) is 0 Å². The molecular formula is C8H15N3O4. The molecule has 0 aromatic carbocycles. The highest BCUT2D eigenvalue weighted by atomic mass is 16.4. The van der Waals surface area contributed by atoms with Gasteiger partial charge in [0, 0.05) is 27.1 Å². The minimum Gasteiger partial charge on any atom is -0.480 e. The number of urea groups is 1. The van der Waals surface area contributed by atoms with Crippen LogP contribution in [0.5, 0.6) is 0 Å². The molecule has 0 saturated carbocycles. The highest BCUT2D eigenvalue weighted by Crippen LogP contribution is 2.17. The third-order valence-electron chi connectivity index (χ3n) is 2.14. The molecule has 0 radical (unpaired) electrons. The molecule has 7 nitrogen and oxygen atoms in total. The average Bonchev–Trinajstić information content (AvgIpc) is 2.46. The Morgan fingerprint density at radius 1 is 1.47 bits per heavy atom. The number of rotatable bonds is 2. The Morgan fingerprint density at radius 2 is 2.07 bits per heavy atom. The smallest absolute Gasteiger partial charge is 0.332 e. The van der Waals surface area contributed by atoms with E-state index in [1.54, 1.807) is 14.1 Å². The van der Waals surface area contributed by atoms with Crippen LogP contribution in [0.2, 0.25) is 0 Å². The van der Waals surface area contributed by atoms with E-state index in [9.17, 15) is 14.7 Å². The predicted octanol–water partition coefficient (Wildman–Crippen LogP) is -1.31. The van der Waals surface area contributed by atoms with Crippen molar-refractivity contribution in [3.8, 4) is 0 Å². The minimum atomic E-state index is -1.10. The Balaban J connectivity index is 2.66. The lowest BCUT2D eigenvalue weighted by Gasteiger charge is -2.23. The molecule has 86 valence electrons. The molecule has 15 heavy (non-hydrogen) atoms. The number of aliphatic hydroxyl groups excluding tert-OH is 1. The molecule has 0 aliphatic carbocycles. The Labute approximate surface area is 87.2 Å². The summed E-state index contributed by atoms with van der Waals surface area (Å²) >= 11 is 0. The SMILES string of the molecule is CN(C)NC(=O)N1C[C@H](O)C[C@@H]1C(=O)O. The van der Waals surface area contributed by atoms with Crippen LogP contribution in [0.4, 0.5) is 4.79 Å². The molecule has 7 heteroatoms. The van der Waals surface area contributed by atoms with Crippen molar-refractivity contribution >= 4 is 12.0 Å². The van der Waals surface area contributed by atoms with E-state index in [4.69, 9.17) is 5.11 Å². The molecule has 0 aromatic rings. The molecule has 1 rings (SSSR count). The Hall–Kier alpha value is -1.34. The maximum atomic E-state index is 11.5. The van der Waals surface area contributed by atoms with Gasteiger partial charge in [0.15, 0.2) is 0 Å². The molecule has 1 saturated heterocycles. The van der Waals surface area contributed by atoms with Crippen molar-refractivity contribution in [2.75, 3.05) is 20.6 Å². The number of amides is 2. The number of hydrogen-bond acceptors (Lipinski definition) is 4. The molecular weight excluding hydrogens is 202 g/mol. The highest BCUT2D eigenvalue weighted by molar-refractivity contribution is 5.83. The fourth-order valence-electron chi connectivity index (χ4n) is 1.53. The van der Waals surface area contributed by atoms with Crippen molar-refractivity contribution in [3.05, 3.63) is 0 Å². The van der Waals surface area contributed by atoms with E-state index in [1.807, 2.05) is 0 Å². The number of carbonyl (C=O) groups excluding carboxylic acids is 1. The summed E-state index contributed by atoms with van der Waals surface area (Å²) in [5.41, 5.74) is 2.44. The summed E-state index contributed by atoms with van der Waals surface area (Å²) in [6, 6.07) is -1.45. The van der Waals surface area contributed by atoms with Crippen molar-refractivity contribution in [2.45, 2.75) is 18.6 Å². The molecule has 2 atom stereocenters. The lowest BCUT2D eigenvalue weighted by atomic mass is 10.2. The van der Waals surface area contributed by atoms with E-state index in [0.29, 0.717) is 0 Å². The third kappa shape index (κ3) is 2.80. The summed E-state index contributed by atoms with van der Waals surface area (Å²) in [6.45, 7) is 0.0522. The zero-order valence-electron chi connectivity index (χ0n) is 8.67. The lowest BCUT2D eigenvalue weighted by Crippen LogP contribution is -2.50. The number of carboxylic acid groups (broad SMARTS) is 1. The monoisotopic (exact) mass is 217 g/mol. The fraction of sp³-hybridized carbons (Fsp3) is 0.750. The number of carboxylic acids is 1. The number of aliphatic carboxylic acids is 1. The van der Waals surface area contributed by atoms with Gasteiger partial charge in [0.05, 0.1) is 6.10 Å². The van der Waals surface area contributed by atoms with Crippen molar-refractivity contribution in [2.24, 2.45) is 0 Å². The summed E-state index contributed by atoms with van der Waals surface area (Å²) in [4.78, 5) is 23.4. The van der Waals surface area contributed by atoms with E-state index in [1.165, 1.54) is 5.01 Å². The van der Waals surface area contributed by atoms with Crippen LogP contribution >= 0.6 is 0 Å². The molecule has 0 unspecified atom stereocenters. The molecule has 2 amide bonds. The number of hydrogen-bond donors (Lipinski definition) is 3. The van der Waals surface area contributed by atoms with Crippen LogP contribution in [0, 0.1) is 0 Å². The van der Waals surface area contributed by atoms with Crippen LogP contribution in [-0.4, -0.2) is 64.9 Å². The summed E-state index contributed by atoms with van der Waals surface area (Å²) < 4.78 is 0. The first-order valence-electron chi connectivity index (χ1n) is 4.57. The standard InChI is InChI=1S/C8H15N3O4/c1-10(2)9-8(15)11-4-5(12)3-6(11)7(13)14/h5-6,12H,3-4H2,1-2H3,(H,9,15)(H,13,14)/t5-,6-/m1/s1. The molecule has 0 bridgehead atoms. The first kappa shape index (κ1) is 11.7. The second-order valence-electron chi connectivity index (χ2n) is 3.71. The number of likely N-dealkylation sites (tertiary alicyclic amines) is 1. The quantitative estimate of drug-likeness (QED) is 0.499. The molecule has 1 fully saturated rings. The Kier molecular flexibility index (Phi) is 3.48. The van der Waals surface area contributed by atoms with Gasteiger partial charge in [0.25, 0.3) is 0 Å². The maximum Gasteiger partial charge on any atom is 0.332 e. The fourth-order valence-corrected chi connectivity index (χ4v) is 1.53. The lowest BCUT2D eigenvalue weighted by molar-refractivity contribution is -0.141. The average molecular weight is 217 g/mol. The second-order valence-corrected chi connectivity index (χ2v) is 3.71. The van der Waals surface area contributed by atoms with Gasteiger partial charge in [-0.05, 0) is 0 Å². The minimum absolute atomic E-state index is 0.0522. The first-order valence-corrected chi connectivity index (χ1v) is 4.57. The van der Waals surface area contributed by atoms with Crippen molar-refractivity contribution < 1.29 is 19.8 Å². The molecule has 0 spiro atoms. The van der Waals surface area contributed by atoms with Crippen LogP contribution < -0.4 is 5.43 Å². The number of carbonyl (C=O) groups is 2. The number of β-amino-alcohol motifs (C(OH)–C–C–N with tert-alkyl or cyclic N) is 1. The summed E-state index contributed by atoms with van der Waals surface area (Å²) in [5.74, 6) is -1.10. The molecule has 1 aliphatic heterocycles. The molecule has 0 aromatic heterocycles. The van der Waals surface area contributed by atoms with Gasteiger partial charge >= 0.3 is 12.0 Å². The van der Waals surface area contributed by atoms with Crippen molar-refractivity contribution in [1.29, 1.82) is 0 Å². The van der Waals surface area contributed by atoms with Gasteiger partial charge in [-0.25, -0.2) is 14.6 Å². The van der Waals surface area contributed by atoms with E-state index in [-0.39, 0.29) is 13.0 Å². The number of hydrazine groups is 1. The number of aliphatic hydroxyl groups is 1. The third-order valence-corrected chi connectivity index (χ3v) is 2.14. The maximum absolute atomic E-state index is 11.5. The predicted molar refractivity (Wildman–Crippen MR) is 51.0 cm³/mol. The summed E-state index contributed by atoms with van der Waals surface area (Å²) in [6.07, 6.45) is -0.685. The van der Waals surface area contributed by atoms with Gasteiger partial charge in [-0.15, -0.1) is 0 Å². The van der Waals surface area contributed by atoms with Crippen LogP contribution in [0.25, 0.3) is 0 Å². The van der Waals surface area contributed by atoms with Crippen LogP contribution in [-0.2, 0) is 4.79 Å². The van der Waals surface area contributed by atoms with Gasteiger partial charge in [0.2, 0.25) is 0 Å². The van der Waals surface area contributed by atoms with Crippen molar-refractivity contribution in [1.82, 2.24) is 15.3 Å². The number of nitrogens with zero attached hydrogens (tertiary/aromatic N) is 2. The van der Waals surface area contributed by atoms with Crippen molar-refractivity contribution in [3.63, 3.8) is 0 Å². The summed E-state index contributed by atoms with van der Waals surface area (Å²) in [5, 5.41) is 19.6. The van der Waals surface area contributed by atoms with E-state index >= 15 is 0 Å². The zero-order chi connectivity index (χ0) is 11.6.